The monoisotopic (exact) mass is 576 g/mol. The number of alkyl halides is 2. The number of aliphatic hydroxyl groups excluding tert-OH is 1. The summed E-state index contributed by atoms with van der Waals surface area (Å²) in [4.78, 5) is 0. The molecule has 0 spiro atoms. The summed E-state index contributed by atoms with van der Waals surface area (Å²) in [7, 11) is 0. The Labute approximate surface area is 212 Å². The summed E-state index contributed by atoms with van der Waals surface area (Å²) in [5.74, 6) is 0.523. The van der Waals surface area contributed by atoms with Crippen LogP contribution in [0.25, 0.3) is 0 Å². The van der Waals surface area contributed by atoms with Crippen molar-refractivity contribution in [3.8, 4) is 0 Å². The molecule has 0 radical (unpaired) electrons. The zero-order chi connectivity index (χ0) is 23.0. The molecule has 0 aromatic heterocycles. The number of ether oxygens (including phenoxy) is 3. The lowest BCUT2D eigenvalue weighted by molar-refractivity contribution is -0.126. The van der Waals surface area contributed by atoms with Crippen LogP contribution in [-0.2, 0) is 14.2 Å². The molecule has 1 N–H and O–H groups in total. The highest BCUT2D eigenvalue weighted by Crippen LogP contribution is 2.50. The molecule has 5 atom stereocenters. The molecule has 0 bridgehead atoms. The largest absolute Gasteiger partial charge is 0.395 e. The highest BCUT2D eigenvalue weighted by Gasteiger charge is 2.48. The third-order valence-corrected chi connectivity index (χ3v) is 8.50. The standard InChI is InChI=1S/C26H38ClIO4/c1-3-5-11-30-17-21-14-20(31-12-6-4-2)15-25(32-21)24-13-19(16-27)22-9-7-8-10-23(22)26(24,28)18-29/h7-10,13,20-21,23,25,29H,3-6,11-12,14-18H2,1-2H3/t20-,21-,23?,25+,26?/m0/s1. The van der Waals surface area contributed by atoms with Crippen molar-refractivity contribution >= 4 is 34.2 Å². The minimum atomic E-state index is -0.465. The average Bonchev–Trinajstić information content (AvgIpc) is 2.82. The molecule has 1 fully saturated rings. The number of hydrogen-bond donors (Lipinski definition) is 1. The van der Waals surface area contributed by atoms with Gasteiger partial charge in [0, 0.05) is 37.9 Å². The van der Waals surface area contributed by atoms with Gasteiger partial charge >= 0.3 is 0 Å². The summed E-state index contributed by atoms with van der Waals surface area (Å²) in [6.45, 7) is 6.52. The molecule has 0 saturated carbocycles. The maximum absolute atomic E-state index is 10.6. The van der Waals surface area contributed by atoms with Gasteiger partial charge in [0.25, 0.3) is 0 Å². The topological polar surface area (TPSA) is 47.9 Å². The second-order valence-electron chi connectivity index (χ2n) is 8.95. The van der Waals surface area contributed by atoms with Crippen LogP contribution in [0, 0.1) is 5.92 Å². The van der Waals surface area contributed by atoms with E-state index in [9.17, 15) is 5.11 Å². The zero-order valence-corrected chi connectivity index (χ0v) is 22.3. The van der Waals surface area contributed by atoms with E-state index in [1.54, 1.807) is 0 Å². The van der Waals surface area contributed by atoms with Crippen molar-refractivity contribution in [3.63, 3.8) is 0 Å². The molecule has 6 heteroatoms. The molecule has 0 aromatic carbocycles. The SMILES string of the molecule is CCCCOC[C@@H]1C[C@H](OCCCC)C[C@H](C2=CC(CCl)=C3C=CC=CC3C2(I)CO)O1. The average molecular weight is 577 g/mol. The summed E-state index contributed by atoms with van der Waals surface area (Å²) in [6.07, 6.45) is 16.6. The Morgan fingerprint density at radius 2 is 1.97 bits per heavy atom. The van der Waals surface area contributed by atoms with Crippen molar-refractivity contribution in [1.82, 2.24) is 0 Å². The summed E-state index contributed by atoms with van der Waals surface area (Å²) < 4.78 is 18.4. The van der Waals surface area contributed by atoms with E-state index in [1.165, 1.54) is 5.57 Å². The fourth-order valence-electron chi connectivity index (χ4n) is 4.75. The molecule has 4 nitrogen and oxygen atoms in total. The summed E-state index contributed by atoms with van der Waals surface area (Å²) in [5.41, 5.74) is 3.43. The first kappa shape index (κ1) is 26.4. The molecule has 0 aromatic rings. The van der Waals surface area contributed by atoms with E-state index >= 15 is 0 Å². The molecule has 3 rings (SSSR count). The van der Waals surface area contributed by atoms with Gasteiger partial charge in [-0.15, -0.1) is 11.6 Å². The number of aliphatic hydroxyl groups is 1. The zero-order valence-electron chi connectivity index (χ0n) is 19.4. The second-order valence-corrected chi connectivity index (χ2v) is 11.1. The van der Waals surface area contributed by atoms with E-state index in [0.29, 0.717) is 12.5 Å². The van der Waals surface area contributed by atoms with E-state index in [1.807, 2.05) is 6.08 Å². The highest BCUT2D eigenvalue weighted by molar-refractivity contribution is 14.1. The maximum Gasteiger partial charge on any atom is 0.0841 e. The Morgan fingerprint density at radius 1 is 1.19 bits per heavy atom. The van der Waals surface area contributed by atoms with Gasteiger partial charge in [-0.25, -0.2) is 0 Å². The molecular weight excluding hydrogens is 539 g/mol. The number of unbranched alkanes of at least 4 members (excludes halogenated alkanes) is 2. The van der Waals surface area contributed by atoms with E-state index in [4.69, 9.17) is 25.8 Å². The van der Waals surface area contributed by atoms with E-state index in [-0.39, 0.29) is 30.8 Å². The minimum Gasteiger partial charge on any atom is -0.395 e. The fourth-order valence-corrected chi connectivity index (χ4v) is 6.03. The minimum absolute atomic E-state index is 0.0101. The smallest absolute Gasteiger partial charge is 0.0841 e. The number of halogens is 2. The Kier molecular flexibility index (Phi) is 10.8. The van der Waals surface area contributed by atoms with Gasteiger partial charge < -0.3 is 19.3 Å². The van der Waals surface area contributed by atoms with Crippen LogP contribution in [0.2, 0.25) is 0 Å². The number of hydrogen-bond acceptors (Lipinski definition) is 4. The van der Waals surface area contributed by atoms with Gasteiger partial charge in [0.05, 0.1) is 34.9 Å². The number of allylic oxidation sites excluding steroid dienone is 7. The van der Waals surface area contributed by atoms with Crippen LogP contribution >= 0.6 is 34.2 Å². The first-order valence-electron chi connectivity index (χ1n) is 12.1. The van der Waals surface area contributed by atoms with Crippen molar-refractivity contribution in [2.24, 2.45) is 5.92 Å². The van der Waals surface area contributed by atoms with E-state index in [0.717, 1.165) is 62.9 Å². The molecule has 180 valence electrons. The molecule has 3 aliphatic rings. The van der Waals surface area contributed by atoms with Gasteiger partial charge in [-0.3, -0.25) is 0 Å². The van der Waals surface area contributed by atoms with Crippen LogP contribution < -0.4 is 0 Å². The summed E-state index contributed by atoms with van der Waals surface area (Å²) >= 11 is 8.80. The molecular formula is C26H38ClIO4. The van der Waals surface area contributed by atoms with Gasteiger partial charge in [0.15, 0.2) is 0 Å². The molecule has 2 aliphatic carbocycles. The van der Waals surface area contributed by atoms with Crippen LogP contribution in [0.1, 0.15) is 52.4 Å². The molecule has 2 unspecified atom stereocenters. The van der Waals surface area contributed by atoms with E-state index < -0.39 is 3.42 Å². The number of fused-ring (bicyclic) bond motifs is 1. The van der Waals surface area contributed by atoms with Gasteiger partial charge in [-0.2, -0.15) is 0 Å². The lowest BCUT2D eigenvalue weighted by atomic mass is 9.71. The fraction of sp³-hybridized carbons (Fsp3) is 0.692. The third-order valence-electron chi connectivity index (χ3n) is 6.58. The lowest BCUT2D eigenvalue weighted by Crippen LogP contribution is -2.49. The molecule has 1 aliphatic heterocycles. The second kappa shape index (κ2) is 13.1. The highest BCUT2D eigenvalue weighted by atomic mass is 127. The Hall–Kier alpha value is -0.180. The lowest BCUT2D eigenvalue weighted by Gasteiger charge is -2.46. The first-order chi connectivity index (χ1) is 15.6. The third kappa shape index (κ3) is 6.28. The predicted molar refractivity (Wildman–Crippen MR) is 140 cm³/mol. The van der Waals surface area contributed by atoms with Gasteiger partial charge in [-0.1, -0.05) is 79.7 Å². The number of rotatable bonds is 12. The van der Waals surface area contributed by atoms with Crippen molar-refractivity contribution in [2.75, 3.05) is 32.3 Å². The van der Waals surface area contributed by atoms with E-state index in [2.05, 4.69) is 60.7 Å². The predicted octanol–water partition coefficient (Wildman–Crippen LogP) is 5.92. The normalized spacial score (nSPS) is 32.2. The van der Waals surface area contributed by atoms with Crippen LogP contribution in [0.3, 0.4) is 0 Å². The Bertz CT molecular complexity index is 731. The Morgan fingerprint density at radius 3 is 2.69 bits per heavy atom. The van der Waals surface area contributed by atoms with Gasteiger partial charge in [0.1, 0.15) is 0 Å². The molecule has 32 heavy (non-hydrogen) atoms. The summed E-state index contributed by atoms with van der Waals surface area (Å²) in [5, 5.41) is 10.6. The van der Waals surface area contributed by atoms with Crippen LogP contribution in [-0.4, -0.2) is 59.1 Å². The molecule has 1 heterocycles. The van der Waals surface area contributed by atoms with Crippen LogP contribution in [0.15, 0.2) is 47.1 Å². The van der Waals surface area contributed by atoms with Gasteiger partial charge in [0.2, 0.25) is 0 Å². The molecule has 0 amide bonds. The quantitative estimate of drug-likeness (QED) is 0.178. The first-order valence-corrected chi connectivity index (χ1v) is 13.7. The summed E-state index contributed by atoms with van der Waals surface area (Å²) in [6, 6.07) is 0. The maximum atomic E-state index is 10.6. The van der Waals surface area contributed by atoms with Crippen LogP contribution in [0.4, 0.5) is 0 Å². The van der Waals surface area contributed by atoms with Crippen LogP contribution in [0.5, 0.6) is 0 Å². The van der Waals surface area contributed by atoms with Crippen molar-refractivity contribution < 1.29 is 19.3 Å². The van der Waals surface area contributed by atoms with Crippen molar-refractivity contribution in [3.05, 3.63) is 47.1 Å². The Balaban J connectivity index is 1.85. The van der Waals surface area contributed by atoms with Crippen molar-refractivity contribution in [1.29, 1.82) is 0 Å². The van der Waals surface area contributed by atoms with Crippen molar-refractivity contribution in [2.45, 2.75) is 74.1 Å². The van der Waals surface area contributed by atoms with Gasteiger partial charge in [-0.05, 0) is 29.6 Å². The molecule has 1 saturated heterocycles.